The van der Waals surface area contributed by atoms with Crippen molar-refractivity contribution >= 4 is 14.6 Å². The maximum atomic E-state index is 10.8. The van der Waals surface area contributed by atoms with Gasteiger partial charge in [0.2, 0.25) is 0 Å². The molecular weight excluding hydrogens is 244 g/mol. The van der Waals surface area contributed by atoms with E-state index in [1.165, 1.54) is 0 Å². The van der Waals surface area contributed by atoms with Crippen molar-refractivity contribution in [3.05, 3.63) is 18.2 Å². The van der Waals surface area contributed by atoms with Gasteiger partial charge in [-0.15, -0.1) is 0 Å². The monoisotopic (exact) mass is 268 g/mol. The van der Waals surface area contributed by atoms with Gasteiger partial charge in [-0.05, 0) is 25.1 Å². The Balaban J connectivity index is 2.68. The van der Waals surface area contributed by atoms with Gasteiger partial charge in [-0.2, -0.15) is 0 Å². The molecule has 1 rings (SSSR count). The molecule has 0 aliphatic rings. The van der Waals surface area contributed by atoms with Gasteiger partial charge in [0.25, 0.3) is 0 Å². The van der Waals surface area contributed by atoms with Crippen molar-refractivity contribution in [2.75, 3.05) is 0 Å². The molecule has 0 aliphatic heterocycles. The number of rotatable bonds is 5. The molecule has 1 aromatic rings. The normalized spacial score (nSPS) is 14.6. The van der Waals surface area contributed by atoms with Crippen LogP contribution in [0.5, 0.6) is 0 Å². The molecule has 1 heterocycles. The predicted molar refractivity (Wildman–Crippen MR) is 75.4 cm³/mol. The summed E-state index contributed by atoms with van der Waals surface area (Å²) in [6.45, 7) is 13.9. The van der Waals surface area contributed by atoms with Crippen LogP contribution in [0, 0.1) is 0 Å². The summed E-state index contributed by atoms with van der Waals surface area (Å²) in [5, 5.41) is 0.198. The Morgan fingerprint density at radius 3 is 2.61 bits per heavy atom. The SMILES string of the molecule is C[C@@H](Cn1ccnc1C=O)O[Si](C)(C)C(C)(C)C. The van der Waals surface area contributed by atoms with E-state index >= 15 is 0 Å². The van der Waals surface area contributed by atoms with Crippen molar-refractivity contribution in [2.45, 2.75) is 58.5 Å². The molecule has 0 saturated heterocycles. The van der Waals surface area contributed by atoms with Crippen LogP contribution in [0.4, 0.5) is 0 Å². The van der Waals surface area contributed by atoms with Gasteiger partial charge in [-0.1, -0.05) is 20.8 Å². The minimum atomic E-state index is -1.75. The number of aldehydes is 1. The van der Waals surface area contributed by atoms with Crippen molar-refractivity contribution < 1.29 is 9.22 Å². The molecule has 0 spiro atoms. The number of hydrogen-bond donors (Lipinski definition) is 0. The second-order valence-corrected chi connectivity index (χ2v) is 11.0. The number of nitrogens with zero attached hydrogens (tertiary/aromatic N) is 2. The Labute approximate surface area is 110 Å². The van der Waals surface area contributed by atoms with Crippen LogP contribution in [-0.4, -0.2) is 30.3 Å². The summed E-state index contributed by atoms with van der Waals surface area (Å²) in [5.41, 5.74) is 0. The van der Waals surface area contributed by atoms with Crippen LogP contribution in [0.1, 0.15) is 38.3 Å². The van der Waals surface area contributed by atoms with Crippen LogP contribution < -0.4 is 0 Å². The molecule has 102 valence electrons. The van der Waals surface area contributed by atoms with Crippen molar-refractivity contribution in [3.8, 4) is 0 Å². The fourth-order valence-electron chi connectivity index (χ4n) is 1.59. The van der Waals surface area contributed by atoms with Gasteiger partial charge in [-0.25, -0.2) is 4.98 Å². The molecule has 0 aliphatic carbocycles. The molecule has 0 N–H and O–H groups in total. The van der Waals surface area contributed by atoms with Gasteiger partial charge in [0, 0.05) is 18.9 Å². The molecule has 0 fully saturated rings. The molecule has 18 heavy (non-hydrogen) atoms. The molecule has 0 radical (unpaired) electrons. The molecule has 5 heteroatoms. The quantitative estimate of drug-likeness (QED) is 0.609. The maximum absolute atomic E-state index is 10.8. The number of hydrogen-bond acceptors (Lipinski definition) is 3. The minimum Gasteiger partial charge on any atom is -0.412 e. The summed E-state index contributed by atoms with van der Waals surface area (Å²) in [6, 6.07) is 0. The fourth-order valence-corrected chi connectivity index (χ4v) is 3.02. The van der Waals surface area contributed by atoms with E-state index in [4.69, 9.17) is 4.43 Å². The Hall–Kier alpha value is -0.943. The third-order valence-corrected chi connectivity index (χ3v) is 8.21. The lowest BCUT2D eigenvalue weighted by Crippen LogP contribution is -2.44. The first kappa shape index (κ1) is 15.1. The molecule has 0 amide bonds. The van der Waals surface area contributed by atoms with Crippen LogP contribution in [0.25, 0.3) is 0 Å². The summed E-state index contributed by atoms with van der Waals surface area (Å²) in [7, 11) is -1.75. The number of carbonyl (C=O) groups is 1. The van der Waals surface area contributed by atoms with E-state index < -0.39 is 8.32 Å². The van der Waals surface area contributed by atoms with Gasteiger partial charge in [0.15, 0.2) is 20.4 Å². The molecule has 0 unspecified atom stereocenters. The van der Waals surface area contributed by atoms with E-state index in [2.05, 4.69) is 45.8 Å². The largest absolute Gasteiger partial charge is 0.412 e. The third-order valence-electron chi connectivity index (χ3n) is 3.61. The molecular formula is C13H24N2O2Si. The van der Waals surface area contributed by atoms with Gasteiger partial charge >= 0.3 is 0 Å². The van der Waals surface area contributed by atoms with Gasteiger partial charge in [-0.3, -0.25) is 4.79 Å². The first-order valence-electron chi connectivity index (χ1n) is 6.31. The summed E-state index contributed by atoms with van der Waals surface area (Å²) < 4.78 is 8.09. The molecule has 0 bridgehead atoms. The molecule has 4 nitrogen and oxygen atoms in total. The minimum absolute atomic E-state index is 0.0822. The summed E-state index contributed by atoms with van der Waals surface area (Å²) in [6.07, 6.45) is 4.32. The number of imidazole rings is 1. The summed E-state index contributed by atoms with van der Waals surface area (Å²) in [5.74, 6) is 0.459. The first-order valence-corrected chi connectivity index (χ1v) is 9.22. The van der Waals surface area contributed by atoms with Crippen molar-refractivity contribution in [2.24, 2.45) is 0 Å². The van der Waals surface area contributed by atoms with E-state index in [1.54, 1.807) is 6.20 Å². The van der Waals surface area contributed by atoms with Crippen LogP contribution in [0.3, 0.4) is 0 Å². The lowest BCUT2D eigenvalue weighted by molar-refractivity contribution is 0.110. The third kappa shape index (κ3) is 3.52. The molecule has 0 saturated carbocycles. The summed E-state index contributed by atoms with van der Waals surface area (Å²) in [4.78, 5) is 14.8. The highest BCUT2D eigenvalue weighted by molar-refractivity contribution is 6.74. The molecule has 0 aromatic carbocycles. The maximum Gasteiger partial charge on any atom is 0.192 e. The zero-order valence-corrected chi connectivity index (χ0v) is 13.2. The Morgan fingerprint density at radius 2 is 2.11 bits per heavy atom. The number of carbonyl (C=O) groups excluding carboxylic acids is 1. The zero-order chi connectivity index (χ0) is 14.0. The second kappa shape index (κ2) is 5.36. The molecule has 1 atom stereocenters. The average molecular weight is 268 g/mol. The van der Waals surface area contributed by atoms with Gasteiger partial charge in [0.1, 0.15) is 0 Å². The average Bonchev–Trinajstić information content (AvgIpc) is 2.62. The van der Waals surface area contributed by atoms with Crippen molar-refractivity contribution in [3.63, 3.8) is 0 Å². The molecule has 1 aromatic heterocycles. The second-order valence-electron chi connectivity index (χ2n) is 6.24. The van der Waals surface area contributed by atoms with E-state index in [0.29, 0.717) is 12.4 Å². The van der Waals surface area contributed by atoms with Gasteiger partial charge < -0.3 is 8.99 Å². The van der Waals surface area contributed by atoms with Crippen LogP contribution in [0.15, 0.2) is 12.4 Å². The van der Waals surface area contributed by atoms with E-state index in [-0.39, 0.29) is 11.1 Å². The highest BCUT2D eigenvalue weighted by Crippen LogP contribution is 2.37. The van der Waals surface area contributed by atoms with Gasteiger partial charge in [0.05, 0.1) is 6.10 Å². The van der Waals surface area contributed by atoms with Crippen LogP contribution in [0.2, 0.25) is 18.1 Å². The standard InChI is InChI=1S/C13H24N2O2Si/c1-11(17-18(5,6)13(2,3)4)9-15-8-7-14-12(15)10-16/h7-8,10-11H,9H2,1-6H3/t11-/m0/s1. The van der Waals surface area contributed by atoms with Crippen LogP contribution >= 0.6 is 0 Å². The van der Waals surface area contributed by atoms with Crippen molar-refractivity contribution in [1.82, 2.24) is 9.55 Å². The van der Waals surface area contributed by atoms with E-state index in [0.717, 1.165) is 6.29 Å². The first-order chi connectivity index (χ1) is 8.17. The Morgan fingerprint density at radius 1 is 1.50 bits per heavy atom. The predicted octanol–water partition coefficient (Wildman–Crippen LogP) is 3.11. The zero-order valence-electron chi connectivity index (χ0n) is 12.2. The highest BCUT2D eigenvalue weighted by atomic mass is 28.4. The Bertz CT molecular complexity index is 407. The Kier molecular flexibility index (Phi) is 4.50. The van der Waals surface area contributed by atoms with Crippen molar-refractivity contribution in [1.29, 1.82) is 0 Å². The lowest BCUT2D eigenvalue weighted by atomic mass is 10.2. The number of aromatic nitrogens is 2. The van der Waals surface area contributed by atoms with E-state index in [9.17, 15) is 4.79 Å². The highest BCUT2D eigenvalue weighted by Gasteiger charge is 2.38. The van der Waals surface area contributed by atoms with E-state index in [1.807, 2.05) is 10.8 Å². The van der Waals surface area contributed by atoms with Crippen LogP contribution in [-0.2, 0) is 11.0 Å². The smallest absolute Gasteiger partial charge is 0.192 e. The fraction of sp³-hybridized carbons (Fsp3) is 0.692. The summed E-state index contributed by atoms with van der Waals surface area (Å²) >= 11 is 0. The topological polar surface area (TPSA) is 44.1 Å². The lowest BCUT2D eigenvalue weighted by Gasteiger charge is -2.38.